The molecule has 0 aliphatic heterocycles. The molecule has 2 heterocycles. The second kappa shape index (κ2) is 1.80. The third-order valence-corrected chi connectivity index (χ3v) is 1.54. The first-order chi connectivity index (χ1) is 4.88. The summed E-state index contributed by atoms with van der Waals surface area (Å²) < 4.78 is 0. The molecule has 3 heteroatoms. The molecule has 0 unspecified atom stereocenters. The summed E-state index contributed by atoms with van der Waals surface area (Å²) in [4.78, 5) is 11.1. The molecule has 0 bridgehead atoms. The second-order valence-electron chi connectivity index (χ2n) is 2.23. The lowest BCUT2D eigenvalue weighted by Crippen LogP contribution is -1.78. The molecule has 2 aromatic heterocycles. The van der Waals surface area contributed by atoms with E-state index in [1.54, 1.807) is 12.5 Å². The fraction of sp³-hybridized carbons (Fsp3) is 0.143. The maximum Gasteiger partial charge on any atom is 0.177 e. The molecule has 10 heavy (non-hydrogen) atoms. The highest BCUT2D eigenvalue weighted by Crippen LogP contribution is 2.09. The van der Waals surface area contributed by atoms with Gasteiger partial charge in [-0.15, -0.1) is 0 Å². The van der Waals surface area contributed by atoms with E-state index in [4.69, 9.17) is 0 Å². The monoisotopic (exact) mass is 135 g/mol. The SMILES string of the molecule is Cc1ccnc2nc[nH]c12.[HH]. The van der Waals surface area contributed by atoms with Crippen molar-refractivity contribution in [2.45, 2.75) is 6.92 Å². The number of nitrogens with one attached hydrogen (secondary N) is 1. The molecule has 0 saturated carbocycles. The summed E-state index contributed by atoms with van der Waals surface area (Å²) in [6.07, 6.45) is 3.42. The molecule has 0 aliphatic carbocycles. The highest BCUT2D eigenvalue weighted by Gasteiger charge is 1.96. The van der Waals surface area contributed by atoms with E-state index in [0.717, 1.165) is 11.2 Å². The number of fused-ring (bicyclic) bond motifs is 1. The first-order valence-electron chi connectivity index (χ1n) is 3.12. The number of aromatic nitrogens is 3. The quantitative estimate of drug-likeness (QED) is 0.595. The summed E-state index contributed by atoms with van der Waals surface area (Å²) in [6.45, 7) is 2.03. The third-order valence-electron chi connectivity index (χ3n) is 1.54. The molecule has 0 saturated heterocycles. The highest BCUT2D eigenvalue weighted by molar-refractivity contribution is 5.73. The Hall–Kier alpha value is -1.38. The minimum Gasteiger partial charge on any atom is -0.343 e. The summed E-state index contributed by atoms with van der Waals surface area (Å²) in [5, 5.41) is 0. The van der Waals surface area contributed by atoms with Gasteiger partial charge < -0.3 is 4.98 Å². The highest BCUT2D eigenvalue weighted by atomic mass is 14.9. The number of hydrogen-bond acceptors (Lipinski definition) is 2. The number of imidazole rings is 1. The fourth-order valence-corrected chi connectivity index (χ4v) is 0.978. The molecule has 1 N–H and O–H groups in total. The van der Waals surface area contributed by atoms with Gasteiger partial charge in [-0.3, -0.25) is 0 Å². The molecule has 3 nitrogen and oxygen atoms in total. The van der Waals surface area contributed by atoms with Crippen molar-refractivity contribution in [1.29, 1.82) is 0 Å². The normalized spacial score (nSPS) is 10.5. The standard InChI is InChI=1S/C7H7N3.H2/c1-5-2-3-8-7-6(5)9-4-10-7;/h2-4H,1H3,(H,8,9,10);1H. The van der Waals surface area contributed by atoms with E-state index in [1.807, 2.05) is 13.0 Å². The van der Waals surface area contributed by atoms with E-state index in [0.29, 0.717) is 0 Å². The summed E-state index contributed by atoms with van der Waals surface area (Å²) in [6, 6.07) is 1.96. The van der Waals surface area contributed by atoms with Gasteiger partial charge in [0.2, 0.25) is 0 Å². The molecule has 0 aromatic carbocycles. The van der Waals surface area contributed by atoms with Crippen molar-refractivity contribution in [3.8, 4) is 0 Å². The first kappa shape index (κ1) is 5.41. The van der Waals surface area contributed by atoms with Crippen LogP contribution in [0.4, 0.5) is 0 Å². The fourth-order valence-electron chi connectivity index (χ4n) is 0.978. The molecular formula is C7H9N3. The van der Waals surface area contributed by atoms with Crippen molar-refractivity contribution in [1.82, 2.24) is 15.0 Å². The van der Waals surface area contributed by atoms with Crippen LogP contribution in [0.3, 0.4) is 0 Å². The van der Waals surface area contributed by atoms with E-state index in [2.05, 4.69) is 15.0 Å². The van der Waals surface area contributed by atoms with E-state index in [-0.39, 0.29) is 1.43 Å². The van der Waals surface area contributed by atoms with Crippen molar-refractivity contribution in [2.24, 2.45) is 0 Å². The topological polar surface area (TPSA) is 41.6 Å². The Morgan fingerprint density at radius 3 is 3.20 bits per heavy atom. The van der Waals surface area contributed by atoms with Crippen LogP contribution >= 0.6 is 0 Å². The number of rotatable bonds is 0. The zero-order valence-corrected chi connectivity index (χ0v) is 5.63. The third kappa shape index (κ3) is 0.603. The largest absolute Gasteiger partial charge is 0.343 e. The van der Waals surface area contributed by atoms with Gasteiger partial charge in [-0.25, -0.2) is 9.97 Å². The average Bonchev–Trinajstić information content (AvgIpc) is 2.36. The maximum atomic E-state index is 4.06. The van der Waals surface area contributed by atoms with Crippen LogP contribution in [-0.4, -0.2) is 15.0 Å². The van der Waals surface area contributed by atoms with Crippen molar-refractivity contribution in [3.63, 3.8) is 0 Å². The van der Waals surface area contributed by atoms with Gasteiger partial charge in [0.05, 0.1) is 11.8 Å². The van der Waals surface area contributed by atoms with Gasteiger partial charge in [0.1, 0.15) is 0 Å². The molecule has 0 radical (unpaired) electrons. The van der Waals surface area contributed by atoms with Crippen LogP contribution in [-0.2, 0) is 0 Å². The van der Waals surface area contributed by atoms with Crippen LogP contribution in [0.2, 0.25) is 0 Å². The van der Waals surface area contributed by atoms with Crippen LogP contribution in [0, 0.1) is 6.92 Å². The van der Waals surface area contributed by atoms with E-state index in [9.17, 15) is 0 Å². The lowest BCUT2D eigenvalue weighted by Gasteiger charge is -1.90. The summed E-state index contributed by atoms with van der Waals surface area (Å²) in [5.41, 5.74) is 3.00. The van der Waals surface area contributed by atoms with Crippen LogP contribution < -0.4 is 0 Å². The molecule has 2 rings (SSSR count). The number of hydrogen-bond donors (Lipinski definition) is 1. The van der Waals surface area contributed by atoms with Gasteiger partial charge in [-0.1, -0.05) is 0 Å². The van der Waals surface area contributed by atoms with Gasteiger partial charge in [0, 0.05) is 7.62 Å². The van der Waals surface area contributed by atoms with Crippen LogP contribution in [0.25, 0.3) is 11.2 Å². The van der Waals surface area contributed by atoms with Crippen LogP contribution in [0.1, 0.15) is 6.99 Å². The average molecular weight is 135 g/mol. The van der Waals surface area contributed by atoms with E-state index in [1.165, 1.54) is 5.56 Å². The Balaban J connectivity index is 0.000000605. The molecule has 0 atom stereocenters. The van der Waals surface area contributed by atoms with Crippen LogP contribution in [0.5, 0.6) is 0 Å². The smallest absolute Gasteiger partial charge is 0.177 e. The van der Waals surface area contributed by atoms with Gasteiger partial charge >= 0.3 is 0 Å². The van der Waals surface area contributed by atoms with E-state index >= 15 is 0 Å². The Labute approximate surface area is 59.6 Å². The second-order valence-corrected chi connectivity index (χ2v) is 2.23. The Morgan fingerprint density at radius 2 is 2.40 bits per heavy atom. The molecule has 0 fully saturated rings. The van der Waals surface area contributed by atoms with Crippen molar-refractivity contribution >= 4 is 11.2 Å². The Bertz CT molecular complexity index is 355. The van der Waals surface area contributed by atoms with Gasteiger partial charge in [-0.05, 0) is 18.6 Å². The Morgan fingerprint density at radius 1 is 1.50 bits per heavy atom. The van der Waals surface area contributed by atoms with Crippen LogP contribution in [0.15, 0.2) is 18.6 Å². The zero-order chi connectivity index (χ0) is 6.97. The number of nitrogens with zero attached hydrogens (tertiary/aromatic N) is 2. The molecule has 2 aromatic rings. The molecule has 0 aliphatic rings. The van der Waals surface area contributed by atoms with E-state index < -0.39 is 0 Å². The maximum absolute atomic E-state index is 4.06. The van der Waals surface area contributed by atoms with Crippen molar-refractivity contribution < 1.29 is 1.43 Å². The number of pyridine rings is 1. The lowest BCUT2D eigenvalue weighted by atomic mass is 10.3. The van der Waals surface area contributed by atoms with Crippen molar-refractivity contribution in [2.75, 3.05) is 0 Å². The van der Waals surface area contributed by atoms with Gasteiger partial charge in [0.25, 0.3) is 0 Å². The summed E-state index contributed by atoms with van der Waals surface area (Å²) >= 11 is 0. The molecule has 52 valence electrons. The minimum atomic E-state index is 0. The number of aryl methyl sites for hydroxylation is 1. The summed E-state index contributed by atoms with van der Waals surface area (Å²) in [5.74, 6) is 0. The predicted octanol–water partition coefficient (Wildman–Crippen LogP) is 1.51. The minimum absolute atomic E-state index is 0. The Kier molecular flexibility index (Phi) is 0.974. The first-order valence-corrected chi connectivity index (χ1v) is 3.12. The van der Waals surface area contributed by atoms with Crippen molar-refractivity contribution in [3.05, 3.63) is 24.2 Å². The number of H-pyrrole nitrogens is 1. The van der Waals surface area contributed by atoms with Gasteiger partial charge in [0.15, 0.2) is 5.65 Å². The number of aromatic amines is 1. The molecular weight excluding hydrogens is 126 g/mol. The summed E-state index contributed by atoms with van der Waals surface area (Å²) in [7, 11) is 0. The predicted molar refractivity (Wildman–Crippen MR) is 40.7 cm³/mol. The van der Waals surface area contributed by atoms with Gasteiger partial charge in [-0.2, -0.15) is 0 Å². The zero-order valence-electron chi connectivity index (χ0n) is 5.63. The lowest BCUT2D eigenvalue weighted by molar-refractivity contribution is 1.30. The molecule has 0 amide bonds. The molecule has 0 spiro atoms.